The molecule has 0 N–H and O–H groups in total. The van der Waals surface area contributed by atoms with E-state index < -0.39 is 0 Å². The minimum atomic E-state index is 0.0468. The van der Waals surface area contributed by atoms with Crippen LogP contribution >= 0.6 is 23.1 Å². The summed E-state index contributed by atoms with van der Waals surface area (Å²) >= 11 is 3.20. The van der Waals surface area contributed by atoms with Gasteiger partial charge in [-0.15, -0.1) is 11.3 Å². The largest absolute Gasteiger partial charge is 0.348 e. The number of aliphatic imine (C=N–C) groups is 1. The highest BCUT2D eigenvalue weighted by Crippen LogP contribution is 2.24. The Morgan fingerprint density at radius 2 is 1.96 bits per heavy atom. The van der Waals surface area contributed by atoms with Crippen LogP contribution in [0.25, 0.3) is 10.7 Å². The fourth-order valence-corrected chi connectivity index (χ4v) is 4.65. The quantitative estimate of drug-likeness (QED) is 0.799. The first kappa shape index (κ1) is 16.5. The number of amidine groups is 1. The Hall–Kier alpha value is -2.00. The second-order valence-corrected chi connectivity index (χ2v) is 7.86. The van der Waals surface area contributed by atoms with Crippen molar-refractivity contribution in [1.82, 2.24) is 24.8 Å². The molecule has 2 aromatic heterocycles. The van der Waals surface area contributed by atoms with Gasteiger partial charge in [0.25, 0.3) is 5.91 Å². The molecule has 25 heavy (non-hydrogen) atoms. The van der Waals surface area contributed by atoms with E-state index in [9.17, 15) is 4.79 Å². The van der Waals surface area contributed by atoms with Crippen LogP contribution in [0.2, 0.25) is 0 Å². The molecule has 0 aromatic carbocycles. The van der Waals surface area contributed by atoms with Gasteiger partial charge in [0.05, 0.1) is 12.4 Å². The summed E-state index contributed by atoms with van der Waals surface area (Å²) in [6, 6.07) is 0. The van der Waals surface area contributed by atoms with Gasteiger partial charge in [-0.1, -0.05) is 11.8 Å². The van der Waals surface area contributed by atoms with Crippen LogP contribution in [0.1, 0.15) is 16.1 Å². The highest BCUT2D eigenvalue weighted by molar-refractivity contribution is 8.13. The lowest BCUT2D eigenvalue weighted by atomic mass is 10.3. The average Bonchev–Trinajstić information content (AvgIpc) is 3.19. The number of piperazine rings is 1. The van der Waals surface area contributed by atoms with Gasteiger partial charge >= 0.3 is 0 Å². The molecule has 4 rings (SSSR count). The van der Waals surface area contributed by atoms with Gasteiger partial charge in [0, 0.05) is 50.9 Å². The van der Waals surface area contributed by atoms with Crippen molar-refractivity contribution in [2.24, 2.45) is 4.99 Å². The van der Waals surface area contributed by atoms with Crippen molar-refractivity contribution < 1.29 is 4.79 Å². The fourth-order valence-electron chi connectivity index (χ4n) is 2.80. The van der Waals surface area contributed by atoms with Crippen LogP contribution in [0.3, 0.4) is 0 Å². The molecule has 1 saturated heterocycles. The number of aromatic nitrogens is 3. The number of thiazole rings is 1. The van der Waals surface area contributed by atoms with E-state index in [4.69, 9.17) is 0 Å². The zero-order valence-electron chi connectivity index (χ0n) is 13.7. The number of amides is 1. The molecule has 0 bridgehead atoms. The average molecular weight is 374 g/mol. The summed E-state index contributed by atoms with van der Waals surface area (Å²) in [6.45, 7) is 4.04. The normalized spacial score (nSPS) is 18.2. The predicted octanol–water partition coefficient (Wildman–Crippen LogP) is 1.85. The Labute approximate surface area is 154 Å². The molecular weight excluding hydrogens is 356 g/mol. The van der Waals surface area contributed by atoms with Gasteiger partial charge < -0.3 is 9.80 Å². The van der Waals surface area contributed by atoms with E-state index in [0.717, 1.165) is 55.1 Å². The Morgan fingerprint density at radius 3 is 2.68 bits per heavy atom. The third-order valence-corrected chi connectivity index (χ3v) is 6.26. The lowest BCUT2D eigenvalue weighted by Crippen LogP contribution is -2.50. The van der Waals surface area contributed by atoms with Crippen molar-refractivity contribution in [3.05, 3.63) is 29.7 Å². The predicted molar refractivity (Wildman–Crippen MR) is 100.0 cm³/mol. The molecular formula is C16H18N6OS2. The minimum absolute atomic E-state index is 0.0468. The Bertz CT molecular complexity index is 770. The number of hydrogen-bond acceptors (Lipinski definition) is 8. The van der Waals surface area contributed by atoms with Gasteiger partial charge in [-0.2, -0.15) is 0 Å². The van der Waals surface area contributed by atoms with E-state index in [1.165, 1.54) is 11.3 Å². The number of rotatable bonds is 2. The molecule has 0 radical (unpaired) electrons. The molecule has 0 saturated carbocycles. The monoisotopic (exact) mass is 374 g/mol. The molecule has 0 atom stereocenters. The number of thioether (sulfide) groups is 1. The number of hydrogen-bond donors (Lipinski definition) is 0. The lowest BCUT2D eigenvalue weighted by Gasteiger charge is -2.36. The zero-order chi connectivity index (χ0) is 17.1. The Morgan fingerprint density at radius 1 is 1.08 bits per heavy atom. The number of carbonyl (C=O) groups is 1. The second-order valence-electron chi connectivity index (χ2n) is 5.77. The molecule has 130 valence electrons. The van der Waals surface area contributed by atoms with Crippen molar-refractivity contribution in [1.29, 1.82) is 0 Å². The van der Waals surface area contributed by atoms with Gasteiger partial charge in [-0.05, 0) is 6.42 Å². The van der Waals surface area contributed by atoms with Crippen LogP contribution < -0.4 is 0 Å². The van der Waals surface area contributed by atoms with Gasteiger partial charge in [-0.25, -0.2) is 4.98 Å². The standard InChI is InChI=1S/C16H18N6OS2/c23-15(13-11-20-14(25-13)12-10-17-3-4-18-12)21-5-7-22(8-6-21)16-19-2-1-9-24-16/h3-4,10-11H,1-2,5-9H2. The van der Waals surface area contributed by atoms with Crippen LogP contribution in [-0.4, -0.2) is 74.3 Å². The Balaban J connectivity index is 1.39. The molecule has 0 spiro atoms. The maximum absolute atomic E-state index is 12.7. The molecule has 0 unspecified atom stereocenters. The molecule has 4 heterocycles. The van der Waals surface area contributed by atoms with E-state index in [0.29, 0.717) is 10.6 Å². The van der Waals surface area contributed by atoms with Gasteiger partial charge in [0.1, 0.15) is 15.6 Å². The summed E-state index contributed by atoms with van der Waals surface area (Å²) in [5.74, 6) is 1.19. The van der Waals surface area contributed by atoms with Crippen LogP contribution in [-0.2, 0) is 0 Å². The van der Waals surface area contributed by atoms with E-state index in [1.807, 2.05) is 16.7 Å². The summed E-state index contributed by atoms with van der Waals surface area (Å²) in [6.07, 6.45) is 7.71. The van der Waals surface area contributed by atoms with Crippen LogP contribution in [0, 0.1) is 0 Å². The molecule has 2 aliphatic rings. The summed E-state index contributed by atoms with van der Waals surface area (Å²) in [4.78, 5) is 34.8. The summed E-state index contributed by atoms with van der Waals surface area (Å²) in [7, 11) is 0. The van der Waals surface area contributed by atoms with Gasteiger partial charge in [0.15, 0.2) is 5.17 Å². The first-order valence-electron chi connectivity index (χ1n) is 8.25. The summed E-state index contributed by atoms with van der Waals surface area (Å²) < 4.78 is 0. The third kappa shape index (κ3) is 3.67. The van der Waals surface area contributed by atoms with Crippen LogP contribution in [0.5, 0.6) is 0 Å². The fraction of sp³-hybridized carbons (Fsp3) is 0.438. The first-order chi connectivity index (χ1) is 12.3. The number of carbonyl (C=O) groups excluding carboxylic acids is 1. The third-order valence-electron chi connectivity index (χ3n) is 4.12. The molecule has 0 aliphatic carbocycles. The topological polar surface area (TPSA) is 74.6 Å². The van der Waals surface area contributed by atoms with E-state index >= 15 is 0 Å². The van der Waals surface area contributed by atoms with E-state index in [1.54, 1.807) is 24.8 Å². The van der Waals surface area contributed by atoms with Gasteiger partial charge in [-0.3, -0.25) is 19.8 Å². The maximum Gasteiger partial charge on any atom is 0.265 e. The minimum Gasteiger partial charge on any atom is -0.348 e. The molecule has 2 aliphatic heterocycles. The van der Waals surface area contributed by atoms with Crippen LogP contribution in [0.4, 0.5) is 0 Å². The SMILES string of the molecule is O=C(c1cnc(-c2cnccn2)s1)N1CCN(C2=NCCCS2)CC1. The highest BCUT2D eigenvalue weighted by atomic mass is 32.2. The summed E-state index contributed by atoms with van der Waals surface area (Å²) in [5, 5.41) is 1.86. The molecule has 1 amide bonds. The van der Waals surface area contributed by atoms with Crippen molar-refractivity contribution in [2.45, 2.75) is 6.42 Å². The maximum atomic E-state index is 12.7. The molecule has 9 heteroatoms. The zero-order valence-corrected chi connectivity index (χ0v) is 15.3. The van der Waals surface area contributed by atoms with Crippen LogP contribution in [0.15, 0.2) is 29.8 Å². The molecule has 7 nitrogen and oxygen atoms in total. The second kappa shape index (κ2) is 7.49. The van der Waals surface area contributed by atoms with E-state index in [2.05, 4.69) is 24.8 Å². The van der Waals surface area contributed by atoms with Gasteiger partial charge in [0.2, 0.25) is 0 Å². The molecule has 1 fully saturated rings. The highest BCUT2D eigenvalue weighted by Gasteiger charge is 2.26. The van der Waals surface area contributed by atoms with E-state index in [-0.39, 0.29) is 5.91 Å². The lowest BCUT2D eigenvalue weighted by molar-refractivity contribution is 0.0698. The van der Waals surface area contributed by atoms with Crippen molar-refractivity contribution in [2.75, 3.05) is 38.5 Å². The first-order valence-corrected chi connectivity index (χ1v) is 10.0. The Kier molecular flexibility index (Phi) is 4.93. The van der Waals surface area contributed by atoms with Crippen molar-refractivity contribution in [3.8, 4) is 10.7 Å². The van der Waals surface area contributed by atoms with Crippen molar-refractivity contribution >= 4 is 34.2 Å². The molecule has 2 aromatic rings. The smallest absolute Gasteiger partial charge is 0.265 e. The summed E-state index contributed by atoms with van der Waals surface area (Å²) in [5.41, 5.74) is 0.698. The number of nitrogens with zero attached hydrogens (tertiary/aromatic N) is 6. The van der Waals surface area contributed by atoms with Crippen molar-refractivity contribution in [3.63, 3.8) is 0 Å².